The van der Waals surface area contributed by atoms with Crippen molar-refractivity contribution in [3.05, 3.63) is 74.8 Å². The van der Waals surface area contributed by atoms with Crippen LogP contribution in [-0.4, -0.2) is 23.4 Å². The van der Waals surface area contributed by atoms with Gasteiger partial charge in [0.1, 0.15) is 5.69 Å². The van der Waals surface area contributed by atoms with Gasteiger partial charge in [-0.3, -0.25) is 14.9 Å². The van der Waals surface area contributed by atoms with Crippen LogP contribution in [0.5, 0.6) is 0 Å². The highest BCUT2D eigenvalue weighted by Crippen LogP contribution is 2.25. The lowest BCUT2D eigenvalue weighted by Crippen LogP contribution is -2.20. The van der Waals surface area contributed by atoms with Crippen molar-refractivity contribution >= 4 is 40.9 Å². The lowest BCUT2D eigenvalue weighted by atomic mass is 10.2. The van der Waals surface area contributed by atoms with Gasteiger partial charge in [-0.15, -0.1) is 0 Å². The Morgan fingerprint density at radius 2 is 1.92 bits per heavy atom. The number of rotatable bonds is 6. The van der Waals surface area contributed by atoms with Crippen LogP contribution in [0.2, 0.25) is 5.02 Å². The number of anilines is 1. The Hall–Kier alpha value is -3.19. The minimum atomic E-state index is -0.714. The number of nitrogens with one attached hydrogen (secondary N) is 1. The average Bonchev–Trinajstić information content (AvgIpc) is 2.61. The van der Waals surface area contributed by atoms with Crippen LogP contribution in [0.3, 0.4) is 0 Å². The number of amides is 1. The van der Waals surface area contributed by atoms with E-state index in [1.54, 1.807) is 37.3 Å². The van der Waals surface area contributed by atoms with E-state index in [0.29, 0.717) is 10.6 Å². The van der Waals surface area contributed by atoms with Crippen molar-refractivity contribution in [3.8, 4) is 0 Å². The fraction of sp³-hybridized carbons (Fsp3) is 0.111. The largest absolute Gasteiger partial charge is 0.452 e. The van der Waals surface area contributed by atoms with Gasteiger partial charge in [0.2, 0.25) is 0 Å². The molecule has 0 aliphatic rings. The van der Waals surface area contributed by atoms with Crippen LogP contribution in [0.25, 0.3) is 6.08 Å². The maximum absolute atomic E-state index is 11.8. The van der Waals surface area contributed by atoms with Gasteiger partial charge in [-0.25, -0.2) is 4.79 Å². The molecule has 2 rings (SSSR count). The summed E-state index contributed by atoms with van der Waals surface area (Å²) >= 11 is 5.76. The quantitative estimate of drug-likeness (QED) is 0.359. The molecule has 2 aromatic rings. The molecule has 0 saturated carbocycles. The molecule has 0 saturated heterocycles. The van der Waals surface area contributed by atoms with E-state index >= 15 is 0 Å². The van der Waals surface area contributed by atoms with Gasteiger partial charge in [-0.1, -0.05) is 29.8 Å². The number of nitro groups is 1. The molecule has 1 amide bonds. The van der Waals surface area contributed by atoms with E-state index in [4.69, 9.17) is 16.3 Å². The lowest BCUT2D eigenvalue weighted by molar-refractivity contribution is -0.384. The highest BCUT2D eigenvalue weighted by atomic mass is 35.5. The van der Waals surface area contributed by atoms with Crippen molar-refractivity contribution in [2.24, 2.45) is 0 Å². The van der Waals surface area contributed by atoms with Crippen molar-refractivity contribution in [2.45, 2.75) is 6.92 Å². The number of aryl methyl sites for hydroxylation is 1. The number of carbonyl (C=O) groups excluding carboxylic acids is 2. The maximum Gasteiger partial charge on any atom is 0.331 e. The van der Waals surface area contributed by atoms with E-state index in [-0.39, 0.29) is 11.4 Å². The summed E-state index contributed by atoms with van der Waals surface area (Å²) in [5.74, 6) is -1.39. The van der Waals surface area contributed by atoms with Crippen LogP contribution in [-0.2, 0) is 14.3 Å². The summed E-state index contributed by atoms with van der Waals surface area (Å²) in [5, 5.41) is 13.9. The topological polar surface area (TPSA) is 98.5 Å². The maximum atomic E-state index is 11.8. The standard InChI is InChI=1S/C18H15ClN2O5/c1-12-2-8-15(16(10-12)21(24)25)20-17(22)11-26-18(23)9-5-13-3-6-14(19)7-4-13/h2-10H,11H2,1H3,(H,20,22). The summed E-state index contributed by atoms with van der Waals surface area (Å²) in [5.41, 5.74) is 1.24. The highest BCUT2D eigenvalue weighted by molar-refractivity contribution is 6.30. The Balaban J connectivity index is 1.89. The zero-order valence-corrected chi connectivity index (χ0v) is 14.5. The van der Waals surface area contributed by atoms with E-state index < -0.39 is 23.4 Å². The molecule has 2 aromatic carbocycles. The summed E-state index contributed by atoms with van der Waals surface area (Å²) in [4.78, 5) is 33.9. The number of halogens is 1. The van der Waals surface area contributed by atoms with E-state index in [2.05, 4.69) is 5.32 Å². The van der Waals surface area contributed by atoms with Gasteiger partial charge < -0.3 is 10.1 Å². The number of esters is 1. The second kappa shape index (κ2) is 8.77. The van der Waals surface area contributed by atoms with E-state index in [1.807, 2.05) is 0 Å². The van der Waals surface area contributed by atoms with Gasteiger partial charge in [0.25, 0.3) is 11.6 Å². The summed E-state index contributed by atoms with van der Waals surface area (Å²) in [6, 6.07) is 11.2. The first kappa shape index (κ1) is 19.1. The predicted molar refractivity (Wildman–Crippen MR) is 97.9 cm³/mol. The zero-order chi connectivity index (χ0) is 19.1. The second-order valence-corrected chi connectivity index (χ2v) is 5.75. The molecular weight excluding hydrogens is 360 g/mol. The van der Waals surface area contributed by atoms with Crippen LogP contribution in [0.1, 0.15) is 11.1 Å². The SMILES string of the molecule is Cc1ccc(NC(=O)COC(=O)C=Cc2ccc(Cl)cc2)c([N+](=O)[O-])c1. The van der Waals surface area contributed by atoms with E-state index in [9.17, 15) is 19.7 Å². The Morgan fingerprint density at radius 3 is 2.58 bits per heavy atom. The third-order valence-electron chi connectivity index (χ3n) is 3.25. The van der Waals surface area contributed by atoms with Gasteiger partial charge in [0, 0.05) is 17.2 Å². The van der Waals surface area contributed by atoms with Crippen molar-refractivity contribution in [3.63, 3.8) is 0 Å². The molecular formula is C18H15ClN2O5. The normalized spacial score (nSPS) is 10.5. The molecule has 0 unspecified atom stereocenters. The van der Waals surface area contributed by atoms with Gasteiger partial charge in [0.15, 0.2) is 6.61 Å². The molecule has 1 N–H and O–H groups in total. The molecule has 7 nitrogen and oxygen atoms in total. The summed E-state index contributed by atoms with van der Waals surface area (Å²) < 4.78 is 4.81. The fourth-order valence-electron chi connectivity index (χ4n) is 2.01. The zero-order valence-electron chi connectivity index (χ0n) is 13.8. The number of nitrogens with zero attached hydrogens (tertiary/aromatic N) is 1. The van der Waals surface area contributed by atoms with Crippen LogP contribution >= 0.6 is 11.6 Å². The number of hydrogen-bond acceptors (Lipinski definition) is 5. The van der Waals surface area contributed by atoms with Gasteiger partial charge in [-0.2, -0.15) is 0 Å². The molecule has 0 spiro atoms. The highest BCUT2D eigenvalue weighted by Gasteiger charge is 2.16. The Morgan fingerprint density at radius 1 is 1.23 bits per heavy atom. The van der Waals surface area contributed by atoms with Crippen molar-refractivity contribution in [2.75, 3.05) is 11.9 Å². The summed E-state index contributed by atoms with van der Waals surface area (Å²) in [7, 11) is 0. The fourth-order valence-corrected chi connectivity index (χ4v) is 2.13. The first-order chi connectivity index (χ1) is 12.3. The Labute approximate surface area is 154 Å². The smallest absolute Gasteiger partial charge is 0.331 e. The van der Waals surface area contributed by atoms with Crippen LogP contribution in [0, 0.1) is 17.0 Å². The molecule has 0 fully saturated rings. The summed E-state index contributed by atoms with van der Waals surface area (Å²) in [6.45, 7) is 1.14. The average molecular weight is 375 g/mol. The van der Waals surface area contributed by atoms with Crippen LogP contribution < -0.4 is 5.32 Å². The van der Waals surface area contributed by atoms with Crippen molar-refractivity contribution in [1.29, 1.82) is 0 Å². The number of carbonyl (C=O) groups is 2. The molecule has 134 valence electrons. The number of ether oxygens (including phenoxy) is 1. The molecule has 0 heterocycles. The van der Waals surface area contributed by atoms with Crippen LogP contribution in [0.15, 0.2) is 48.5 Å². The van der Waals surface area contributed by atoms with Crippen molar-refractivity contribution in [1.82, 2.24) is 0 Å². The third kappa shape index (κ3) is 5.71. The lowest BCUT2D eigenvalue weighted by Gasteiger charge is -2.06. The number of benzene rings is 2. The number of hydrogen-bond donors (Lipinski definition) is 1. The first-order valence-electron chi connectivity index (χ1n) is 7.50. The molecule has 8 heteroatoms. The van der Waals surface area contributed by atoms with Gasteiger partial charge >= 0.3 is 5.97 Å². The molecule has 26 heavy (non-hydrogen) atoms. The molecule has 0 atom stereocenters. The third-order valence-corrected chi connectivity index (χ3v) is 3.50. The van der Waals surface area contributed by atoms with E-state index in [0.717, 1.165) is 5.56 Å². The predicted octanol–water partition coefficient (Wildman–Crippen LogP) is 3.75. The molecule has 0 aliphatic heterocycles. The second-order valence-electron chi connectivity index (χ2n) is 5.32. The minimum Gasteiger partial charge on any atom is -0.452 e. The first-order valence-corrected chi connectivity index (χ1v) is 7.88. The summed E-state index contributed by atoms with van der Waals surface area (Å²) in [6.07, 6.45) is 2.69. The van der Waals surface area contributed by atoms with Gasteiger partial charge in [-0.05, 0) is 42.3 Å². The molecule has 0 bridgehead atoms. The van der Waals surface area contributed by atoms with E-state index in [1.165, 1.54) is 24.3 Å². The van der Waals surface area contributed by atoms with Crippen LogP contribution in [0.4, 0.5) is 11.4 Å². The molecule has 0 aromatic heterocycles. The Bertz CT molecular complexity index is 862. The number of nitro benzene ring substituents is 1. The monoisotopic (exact) mass is 374 g/mol. The minimum absolute atomic E-state index is 0.0401. The van der Waals surface area contributed by atoms with Gasteiger partial charge in [0.05, 0.1) is 4.92 Å². The molecule has 0 aliphatic carbocycles. The van der Waals surface area contributed by atoms with Crippen molar-refractivity contribution < 1.29 is 19.2 Å². The molecule has 0 radical (unpaired) electrons. The Kier molecular flexibility index (Phi) is 6.46.